The molecule has 0 aromatic carbocycles. The van der Waals surface area contributed by atoms with E-state index in [1.165, 1.54) is 0 Å². The second-order valence-corrected chi connectivity index (χ2v) is 7.65. The lowest BCUT2D eigenvalue weighted by Crippen LogP contribution is -2.43. The summed E-state index contributed by atoms with van der Waals surface area (Å²) in [5.74, 6) is 1.05. The van der Waals surface area contributed by atoms with Gasteiger partial charge in [-0.25, -0.2) is 9.97 Å². The molecule has 0 N–H and O–H groups in total. The Morgan fingerprint density at radius 1 is 1.12 bits per heavy atom. The van der Waals surface area contributed by atoms with Crippen LogP contribution < -0.4 is 4.90 Å². The molecule has 0 atom stereocenters. The van der Waals surface area contributed by atoms with Gasteiger partial charge >= 0.3 is 0 Å². The van der Waals surface area contributed by atoms with Crippen molar-refractivity contribution < 1.29 is 4.79 Å². The van der Waals surface area contributed by atoms with Crippen molar-refractivity contribution in [2.75, 3.05) is 31.1 Å². The quantitative estimate of drug-likeness (QED) is 0.849. The van der Waals surface area contributed by atoms with Crippen molar-refractivity contribution in [3.8, 4) is 0 Å². The molecule has 0 unspecified atom stereocenters. The Labute approximate surface area is 154 Å². The number of amides is 1. The van der Waals surface area contributed by atoms with E-state index in [2.05, 4.69) is 19.9 Å². The standard InChI is InChI=1S/C20H25N5O/c1-16-12-22-19(23-13-16)24-8-4-20(5-9-24)6-10-25(15-20)18(26)11-17-3-2-7-21-14-17/h2-3,7,12-14H,4-6,8-11,15H2,1H3. The Bertz CT molecular complexity index is 754. The minimum absolute atomic E-state index is 0.221. The van der Waals surface area contributed by atoms with Crippen LogP contribution in [0.25, 0.3) is 0 Å². The smallest absolute Gasteiger partial charge is 0.227 e. The number of pyridine rings is 1. The maximum absolute atomic E-state index is 12.6. The van der Waals surface area contributed by atoms with Crippen LogP contribution in [-0.2, 0) is 11.2 Å². The van der Waals surface area contributed by atoms with Crippen LogP contribution in [-0.4, -0.2) is 51.9 Å². The number of aryl methyl sites for hydroxylation is 1. The van der Waals surface area contributed by atoms with E-state index in [4.69, 9.17) is 0 Å². The fraction of sp³-hybridized carbons (Fsp3) is 0.500. The zero-order valence-corrected chi connectivity index (χ0v) is 15.3. The van der Waals surface area contributed by atoms with E-state index >= 15 is 0 Å². The summed E-state index contributed by atoms with van der Waals surface area (Å²) in [6.45, 7) is 5.70. The highest BCUT2D eigenvalue weighted by Crippen LogP contribution is 2.41. The summed E-state index contributed by atoms with van der Waals surface area (Å²) in [5.41, 5.74) is 2.34. The Morgan fingerprint density at radius 3 is 2.54 bits per heavy atom. The third-order valence-corrected chi connectivity index (χ3v) is 5.74. The number of rotatable bonds is 3. The lowest BCUT2D eigenvalue weighted by atomic mass is 9.78. The van der Waals surface area contributed by atoms with Crippen molar-refractivity contribution in [3.05, 3.63) is 48.0 Å². The highest BCUT2D eigenvalue weighted by Gasteiger charge is 2.42. The van der Waals surface area contributed by atoms with E-state index in [0.717, 1.165) is 62.5 Å². The average molecular weight is 351 g/mol. The number of carbonyl (C=O) groups excluding carboxylic acids is 1. The fourth-order valence-electron chi connectivity index (χ4n) is 4.08. The molecule has 0 bridgehead atoms. The van der Waals surface area contributed by atoms with E-state index in [1.807, 2.05) is 36.4 Å². The molecule has 2 aliphatic heterocycles. The van der Waals surface area contributed by atoms with Gasteiger partial charge in [0.25, 0.3) is 0 Å². The summed E-state index contributed by atoms with van der Waals surface area (Å²) in [6.07, 6.45) is 11.0. The highest BCUT2D eigenvalue weighted by molar-refractivity contribution is 5.79. The molecule has 0 radical (unpaired) electrons. The summed E-state index contributed by atoms with van der Waals surface area (Å²) in [5, 5.41) is 0. The van der Waals surface area contributed by atoms with Crippen molar-refractivity contribution in [1.82, 2.24) is 19.9 Å². The van der Waals surface area contributed by atoms with Gasteiger partial charge in [0.1, 0.15) is 0 Å². The zero-order valence-electron chi connectivity index (χ0n) is 15.3. The summed E-state index contributed by atoms with van der Waals surface area (Å²) >= 11 is 0. The first-order chi connectivity index (χ1) is 12.6. The number of carbonyl (C=O) groups is 1. The number of anilines is 1. The van der Waals surface area contributed by atoms with Crippen LogP contribution in [0, 0.1) is 12.3 Å². The van der Waals surface area contributed by atoms with Crippen LogP contribution in [0.2, 0.25) is 0 Å². The Hall–Kier alpha value is -2.50. The van der Waals surface area contributed by atoms with Crippen LogP contribution in [0.1, 0.15) is 30.4 Å². The van der Waals surface area contributed by atoms with E-state index in [1.54, 1.807) is 12.4 Å². The first kappa shape index (κ1) is 16.9. The van der Waals surface area contributed by atoms with E-state index in [9.17, 15) is 4.79 Å². The molecular weight excluding hydrogens is 326 g/mol. The van der Waals surface area contributed by atoms with Crippen LogP contribution >= 0.6 is 0 Å². The first-order valence-corrected chi connectivity index (χ1v) is 9.34. The van der Waals surface area contributed by atoms with Crippen LogP contribution in [0.3, 0.4) is 0 Å². The summed E-state index contributed by atoms with van der Waals surface area (Å²) in [4.78, 5) is 29.9. The summed E-state index contributed by atoms with van der Waals surface area (Å²) in [7, 11) is 0. The molecule has 2 fully saturated rings. The van der Waals surface area contributed by atoms with Gasteiger partial charge in [-0.15, -0.1) is 0 Å². The van der Waals surface area contributed by atoms with Gasteiger partial charge in [0.2, 0.25) is 11.9 Å². The van der Waals surface area contributed by atoms with Crippen LogP contribution in [0.5, 0.6) is 0 Å². The molecule has 1 amide bonds. The second-order valence-electron chi connectivity index (χ2n) is 7.65. The maximum Gasteiger partial charge on any atom is 0.227 e. The van der Waals surface area contributed by atoms with Crippen molar-refractivity contribution in [2.45, 2.75) is 32.6 Å². The predicted molar refractivity (Wildman–Crippen MR) is 99.8 cm³/mol. The van der Waals surface area contributed by atoms with Crippen molar-refractivity contribution in [2.24, 2.45) is 5.41 Å². The molecule has 6 nitrogen and oxygen atoms in total. The minimum Gasteiger partial charge on any atom is -0.342 e. The Balaban J connectivity index is 1.34. The Kier molecular flexibility index (Phi) is 4.57. The maximum atomic E-state index is 12.6. The van der Waals surface area contributed by atoms with Gasteiger partial charge in [0, 0.05) is 51.0 Å². The largest absolute Gasteiger partial charge is 0.342 e. The minimum atomic E-state index is 0.221. The molecule has 136 valence electrons. The third-order valence-electron chi connectivity index (χ3n) is 5.74. The predicted octanol–water partition coefficient (Wildman–Crippen LogP) is 2.24. The molecule has 4 rings (SSSR count). The van der Waals surface area contributed by atoms with E-state index in [0.29, 0.717) is 6.42 Å². The molecule has 26 heavy (non-hydrogen) atoms. The molecule has 2 aromatic rings. The number of likely N-dealkylation sites (tertiary alicyclic amines) is 1. The molecule has 0 saturated carbocycles. The van der Waals surface area contributed by atoms with Gasteiger partial charge < -0.3 is 9.80 Å². The lowest BCUT2D eigenvalue weighted by molar-refractivity contribution is -0.129. The Morgan fingerprint density at radius 2 is 1.85 bits per heavy atom. The molecule has 0 aliphatic carbocycles. The van der Waals surface area contributed by atoms with Gasteiger partial charge in [-0.05, 0) is 48.8 Å². The second kappa shape index (κ2) is 7.02. The normalized spacial score (nSPS) is 19.1. The van der Waals surface area contributed by atoms with Crippen molar-refractivity contribution in [1.29, 1.82) is 0 Å². The third kappa shape index (κ3) is 3.54. The molecule has 2 saturated heterocycles. The van der Waals surface area contributed by atoms with Gasteiger partial charge in [0.05, 0.1) is 6.42 Å². The number of nitrogens with zero attached hydrogens (tertiary/aromatic N) is 5. The average Bonchev–Trinajstić information content (AvgIpc) is 3.08. The van der Waals surface area contributed by atoms with Crippen LogP contribution in [0.4, 0.5) is 5.95 Å². The molecule has 1 spiro atoms. The van der Waals surface area contributed by atoms with Gasteiger partial charge in [0.15, 0.2) is 0 Å². The van der Waals surface area contributed by atoms with Gasteiger partial charge in [-0.3, -0.25) is 9.78 Å². The summed E-state index contributed by atoms with van der Waals surface area (Å²) < 4.78 is 0. The van der Waals surface area contributed by atoms with Gasteiger partial charge in [-0.1, -0.05) is 6.07 Å². The fourth-order valence-corrected chi connectivity index (χ4v) is 4.08. The lowest BCUT2D eigenvalue weighted by Gasteiger charge is -2.39. The SMILES string of the molecule is Cc1cnc(N2CCC3(CCN(C(=O)Cc4cccnc4)C3)CC2)nc1. The van der Waals surface area contributed by atoms with E-state index < -0.39 is 0 Å². The first-order valence-electron chi connectivity index (χ1n) is 9.34. The van der Waals surface area contributed by atoms with Crippen molar-refractivity contribution >= 4 is 11.9 Å². The molecular formula is C20H25N5O. The molecule has 2 aliphatic rings. The topological polar surface area (TPSA) is 62.2 Å². The van der Waals surface area contributed by atoms with E-state index in [-0.39, 0.29) is 11.3 Å². The summed E-state index contributed by atoms with van der Waals surface area (Å²) in [6, 6.07) is 3.85. The monoisotopic (exact) mass is 351 g/mol. The van der Waals surface area contributed by atoms with Crippen molar-refractivity contribution in [3.63, 3.8) is 0 Å². The highest BCUT2D eigenvalue weighted by atomic mass is 16.2. The number of aromatic nitrogens is 3. The molecule has 2 aromatic heterocycles. The van der Waals surface area contributed by atoms with Crippen LogP contribution in [0.15, 0.2) is 36.9 Å². The number of hydrogen-bond acceptors (Lipinski definition) is 5. The molecule has 4 heterocycles. The molecule has 6 heteroatoms. The number of piperidine rings is 1. The number of hydrogen-bond donors (Lipinski definition) is 0. The van der Waals surface area contributed by atoms with Gasteiger partial charge in [-0.2, -0.15) is 0 Å². The zero-order chi connectivity index (χ0) is 18.0.